The van der Waals surface area contributed by atoms with Gasteiger partial charge in [-0.1, -0.05) is 28.8 Å². The largest absolute Gasteiger partial charge is 0.481 e. The summed E-state index contributed by atoms with van der Waals surface area (Å²) in [6, 6.07) is 5.61. The van der Waals surface area contributed by atoms with Crippen molar-refractivity contribution >= 4 is 33.5 Å². The lowest BCUT2D eigenvalue weighted by Gasteiger charge is -2.27. The number of hydrogen-bond acceptors (Lipinski definition) is 2. The first-order valence-corrected chi connectivity index (χ1v) is 7.58. The standard InChI is InChI=1S/C15H18BrNO3/c1-9-8-10(16)6-7-13(9)17-14(18)11-4-2-3-5-12(11)15(19)20/h6-8,11-12H,2-5H2,1H3,(H,17,18)(H,19,20). The Labute approximate surface area is 126 Å². The average molecular weight is 340 g/mol. The average Bonchev–Trinajstić information content (AvgIpc) is 2.41. The predicted molar refractivity (Wildman–Crippen MR) is 80.6 cm³/mol. The highest BCUT2D eigenvalue weighted by Crippen LogP contribution is 2.31. The molecule has 20 heavy (non-hydrogen) atoms. The van der Waals surface area contributed by atoms with Crippen LogP contribution in [0.2, 0.25) is 0 Å². The zero-order valence-corrected chi connectivity index (χ0v) is 12.9. The summed E-state index contributed by atoms with van der Waals surface area (Å²) in [5.41, 5.74) is 1.70. The van der Waals surface area contributed by atoms with Crippen molar-refractivity contribution in [3.63, 3.8) is 0 Å². The van der Waals surface area contributed by atoms with Crippen molar-refractivity contribution in [2.45, 2.75) is 32.6 Å². The second-order valence-electron chi connectivity index (χ2n) is 5.28. The minimum atomic E-state index is -0.864. The number of carbonyl (C=O) groups is 2. The molecule has 0 bridgehead atoms. The van der Waals surface area contributed by atoms with E-state index in [1.807, 2.05) is 25.1 Å². The maximum absolute atomic E-state index is 12.3. The van der Waals surface area contributed by atoms with Gasteiger partial charge in [0.15, 0.2) is 0 Å². The summed E-state index contributed by atoms with van der Waals surface area (Å²) in [4.78, 5) is 23.6. The lowest BCUT2D eigenvalue weighted by molar-refractivity contribution is -0.147. The molecule has 2 N–H and O–H groups in total. The van der Waals surface area contributed by atoms with E-state index in [1.165, 1.54) is 0 Å². The highest BCUT2D eigenvalue weighted by atomic mass is 79.9. The molecule has 2 unspecified atom stereocenters. The summed E-state index contributed by atoms with van der Waals surface area (Å²) < 4.78 is 0.953. The molecule has 0 saturated heterocycles. The van der Waals surface area contributed by atoms with Crippen molar-refractivity contribution in [2.24, 2.45) is 11.8 Å². The van der Waals surface area contributed by atoms with E-state index in [4.69, 9.17) is 0 Å². The summed E-state index contributed by atoms with van der Waals surface area (Å²) in [6.45, 7) is 1.91. The number of hydrogen-bond donors (Lipinski definition) is 2. The van der Waals surface area contributed by atoms with Gasteiger partial charge in [0.25, 0.3) is 0 Å². The first-order valence-electron chi connectivity index (χ1n) is 6.79. The number of nitrogens with one attached hydrogen (secondary N) is 1. The van der Waals surface area contributed by atoms with Gasteiger partial charge in [0.2, 0.25) is 5.91 Å². The minimum absolute atomic E-state index is 0.178. The summed E-state index contributed by atoms with van der Waals surface area (Å²) in [5.74, 6) is -2.02. The fourth-order valence-corrected chi connectivity index (χ4v) is 3.21. The van der Waals surface area contributed by atoms with Gasteiger partial charge in [-0.05, 0) is 43.5 Å². The highest BCUT2D eigenvalue weighted by molar-refractivity contribution is 9.10. The summed E-state index contributed by atoms with van der Waals surface area (Å²) in [7, 11) is 0. The normalized spacial score (nSPS) is 22.3. The van der Waals surface area contributed by atoms with Crippen molar-refractivity contribution in [2.75, 3.05) is 5.32 Å². The Balaban J connectivity index is 2.12. The van der Waals surface area contributed by atoms with Gasteiger partial charge in [0.05, 0.1) is 11.8 Å². The molecule has 1 fully saturated rings. The highest BCUT2D eigenvalue weighted by Gasteiger charge is 2.35. The quantitative estimate of drug-likeness (QED) is 0.884. The van der Waals surface area contributed by atoms with Crippen molar-refractivity contribution in [3.05, 3.63) is 28.2 Å². The monoisotopic (exact) mass is 339 g/mol. The summed E-state index contributed by atoms with van der Waals surface area (Å²) >= 11 is 3.38. The van der Waals surface area contributed by atoms with Gasteiger partial charge in [-0.15, -0.1) is 0 Å². The Morgan fingerprint density at radius 1 is 1.25 bits per heavy atom. The molecule has 1 saturated carbocycles. The van der Waals surface area contributed by atoms with Crippen LogP contribution in [0.1, 0.15) is 31.2 Å². The van der Waals surface area contributed by atoms with Crippen LogP contribution in [0.3, 0.4) is 0 Å². The molecule has 108 valence electrons. The molecule has 1 aromatic rings. The molecule has 0 aromatic heterocycles. The van der Waals surface area contributed by atoms with Gasteiger partial charge in [-0.3, -0.25) is 9.59 Å². The van der Waals surface area contributed by atoms with E-state index >= 15 is 0 Å². The number of amides is 1. The van der Waals surface area contributed by atoms with E-state index in [0.717, 1.165) is 28.6 Å². The third kappa shape index (κ3) is 3.39. The predicted octanol–water partition coefficient (Wildman–Crippen LogP) is 3.59. The maximum atomic E-state index is 12.3. The number of carbonyl (C=O) groups excluding carboxylic acids is 1. The van der Waals surface area contributed by atoms with Gasteiger partial charge in [-0.25, -0.2) is 0 Å². The van der Waals surface area contributed by atoms with Crippen LogP contribution < -0.4 is 5.32 Å². The van der Waals surface area contributed by atoms with Gasteiger partial charge in [0.1, 0.15) is 0 Å². The van der Waals surface area contributed by atoms with Crippen LogP contribution in [0, 0.1) is 18.8 Å². The number of aliphatic carboxylic acids is 1. The fourth-order valence-electron chi connectivity index (χ4n) is 2.73. The molecular weight excluding hydrogens is 322 g/mol. The van der Waals surface area contributed by atoms with Crippen molar-refractivity contribution < 1.29 is 14.7 Å². The molecule has 1 amide bonds. The first-order chi connectivity index (χ1) is 9.49. The van der Waals surface area contributed by atoms with Crippen molar-refractivity contribution in [1.82, 2.24) is 0 Å². The molecule has 1 aliphatic rings. The molecule has 2 rings (SSSR count). The van der Waals surface area contributed by atoms with Crippen LogP contribution in [-0.4, -0.2) is 17.0 Å². The Bertz CT molecular complexity index is 530. The zero-order chi connectivity index (χ0) is 14.7. The molecular formula is C15H18BrNO3. The molecule has 2 atom stereocenters. The topological polar surface area (TPSA) is 66.4 Å². The molecule has 1 aromatic carbocycles. The van der Waals surface area contributed by atoms with Crippen LogP contribution >= 0.6 is 15.9 Å². The van der Waals surface area contributed by atoms with E-state index in [0.29, 0.717) is 12.8 Å². The van der Waals surface area contributed by atoms with E-state index in [9.17, 15) is 14.7 Å². The number of halogens is 1. The van der Waals surface area contributed by atoms with Crippen LogP contribution in [0.4, 0.5) is 5.69 Å². The number of rotatable bonds is 3. The fraction of sp³-hybridized carbons (Fsp3) is 0.467. The molecule has 0 spiro atoms. The lowest BCUT2D eigenvalue weighted by Crippen LogP contribution is -2.36. The smallest absolute Gasteiger partial charge is 0.307 e. The van der Waals surface area contributed by atoms with E-state index in [2.05, 4.69) is 21.2 Å². The van der Waals surface area contributed by atoms with Gasteiger partial charge >= 0.3 is 5.97 Å². The number of carboxylic acid groups (broad SMARTS) is 1. The van der Waals surface area contributed by atoms with Crippen LogP contribution in [0.25, 0.3) is 0 Å². The third-order valence-electron chi connectivity index (χ3n) is 3.87. The van der Waals surface area contributed by atoms with Crippen molar-refractivity contribution in [3.8, 4) is 0 Å². The SMILES string of the molecule is Cc1cc(Br)ccc1NC(=O)C1CCCCC1C(=O)O. The van der Waals surface area contributed by atoms with Crippen LogP contribution in [-0.2, 0) is 9.59 Å². The third-order valence-corrected chi connectivity index (χ3v) is 4.36. The summed E-state index contributed by atoms with van der Waals surface area (Å²) in [6.07, 6.45) is 3.05. The minimum Gasteiger partial charge on any atom is -0.481 e. The van der Waals surface area contributed by atoms with Gasteiger partial charge < -0.3 is 10.4 Å². The molecule has 0 radical (unpaired) electrons. The van der Waals surface area contributed by atoms with Gasteiger partial charge in [0, 0.05) is 10.2 Å². The van der Waals surface area contributed by atoms with E-state index < -0.39 is 17.8 Å². The molecule has 4 nitrogen and oxygen atoms in total. The van der Waals surface area contributed by atoms with E-state index in [-0.39, 0.29) is 5.91 Å². The van der Waals surface area contributed by atoms with Gasteiger partial charge in [-0.2, -0.15) is 0 Å². The zero-order valence-electron chi connectivity index (χ0n) is 11.4. The molecule has 1 aliphatic carbocycles. The lowest BCUT2D eigenvalue weighted by atomic mass is 9.78. The maximum Gasteiger partial charge on any atom is 0.307 e. The summed E-state index contributed by atoms with van der Waals surface area (Å²) in [5, 5.41) is 12.1. The molecule has 0 aliphatic heterocycles. The molecule has 0 heterocycles. The Kier molecular flexibility index (Phi) is 4.81. The number of carboxylic acids is 1. The second kappa shape index (κ2) is 6.39. The Morgan fingerprint density at radius 2 is 1.90 bits per heavy atom. The number of anilines is 1. The number of benzene rings is 1. The van der Waals surface area contributed by atoms with Crippen LogP contribution in [0.15, 0.2) is 22.7 Å². The Hall–Kier alpha value is -1.36. The Morgan fingerprint density at radius 3 is 2.50 bits per heavy atom. The van der Waals surface area contributed by atoms with Crippen LogP contribution in [0.5, 0.6) is 0 Å². The molecule has 5 heteroatoms. The van der Waals surface area contributed by atoms with Crippen molar-refractivity contribution in [1.29, 1.82) is 0 Å². The van der Waals surface area contributed by atoms with E-state index in [1.54, 1.807) is 0 Å². The number of aryl methyl sites for hydroxylation is 1. The first kappa shape index (κ1) is 15.0. The second-order valence-corrected chi connectivity index (χ2v) is 6.20.